The van der Waals surface area contributed by atoms with E-state index in [4.69, 9.17) is 0 Å². The van der Waals surface area contributed by atoms with Gasteiger partial charge in [0.1, 0.15) is 0 Å². The fraction of sp³-hybridized carbons (Fsp3) is 1.00. The van der Waals surface area contributed by atoms with Crippen molar-refractivity contribution in [3.8, 4) is 0 Å². The lowest BCUT2D eigenvalue weighted by Gasteiger charge is -2.03. The first-order valence-corrected chi connectivity index (χ1v) is 7.60. The molecule has 0 aromatic heterocycles. The third-order valence-electron chi connectivity index (χ3n) is 0.979. The maximum absolute atomic E-state index is 10.6. The summed E-state index contributed by atoms with van der Waals surface area (Å²) in [5.41, 5.74) is 0. The van der Waals surface area contributed by atoms with Gasteiger partial charge in [0.2, 0.25) is 0 Å². The second-order valence-corrected chi connectivity index (χ2v) is 7.10. The molecule has 6 nitrogen and oxygen atoms in total. The van der Waals surface area contributed by atoms with Gasteiger partial charge in [-0.05, 0) is 0 Å². The highest BCUT2D eigenvalue weighted by atomic mass is 32.2. The van der Waals surface area contributed by atoms with Crippen LogP contribution < -0.4 is 10.6 Å². The van der Waals surface area contributed by atoms with Gasteiger partial charge < -0.3 is 0 Å². The summed E-state index contributed by atoms with van der Waals surface area (Å²) in [5.74, 6) is -0.326. The molecule has 0 spiro atoms. The van der Waals surface area contributed by atoms with E-state index < -0.39 is 19.7 Å². The molecule has 0 saturated heterocycles. The molecule has 0 aliphatic rings. The lowest BCUT2D eigenvalue weighted by atomic mass is 11.0. The highest BCUT2D eigenvalue weighted by molar-refractivity contribution is 7.90. The first kappa shape index (κ1) is 12.8. The lowest BCUT2D eigenvalue weighted by molar-refractivity contribution is 0.577. The van der Waals surface area contributed by atoms with Gasteiger partial charge in [-0.15, -0.1) is 0 Å². The van der Waals surface area contributed by atoms with Gasteiger partial charge in [-0.3, -0.25) is 10.6 Å². The minimum atomic E-state index is -3.04. The summed E-state index contributed by atoms with van der Waals surface area (Å²) in [6.45, 7) is 0.153. The van der Waals surface area contributed by atoms with Crippen molar-refractivity contribution in [1.82, 2.24) is 10.6 Å². The summed E-state index contributed by atoms with van der Waals surface area (Å²) in [7, 11) is -6.08. The molecule has 0 fully saturated rings. The van der Waals surface area contributed by atoms with Gasteiger partial charge in [-0.25, -0.2) is 16.8 Å². The second-order valence-electron chi connectivity index (χ2n) is 2.82. The van der Waals surface area contributed by atoms with E-state index in [0.29, 0.717) is 0 Å². The first-order valence-electron chi connectivity index (χ1n) is 3.47. The molecule has 0 heterocycles. The van der Waals surface area contributed by atoms with Crippen LogP contribution in [0.25, 0.3) is 0 Å². The van der Waals surface area contributed by atoms with Crippen LogP contribution in [0.1, 0.15) is 0 Å². The van der Waals surface area contributed by atoms with Crippen LogP contribution in [0.15, 0.2) is 0 Å². The van der Waals surface area contributed by atoms with Crippen LogP contribution in [0.4, 0.5) is 0 Å². The predicted octanol–water partition coefficient (Wildman–Crippen LogP) is -1.87. The molecule has 0 radical (unpaired) electrons. The first-order chi connectivity index (χ1) is 5.71. The van der Waals surface area contributed by atoms with Crippen LogP contribution in [-0.4, -0.2) is 47.8 Å². The molecule has 80 valence electrons. The Morgan fingerprint density at radius 1 is 0.846 bits per heavy atom. The van der Waals surface area contributed by atoms with E-state index in [2.05, 4.69) is 10.6 Å². The monoisotopic (exact) mass is 230 g/mol. The molecule has 0 saturated carbocycles. The molecule has 8 heteroatoms. The molecule has 0 aliphatic heterocycles. The average molecular weight is 230 g/mol. The van der Waals surface area contributed by atoms with E-state index in [-0.39, 0.29) is 18.4 Å². The Morgan fingerprint density at radius 2 is 1.15 bits per heavy atom. The van der Waals surface area contributed by atoms with Crippen LogP contribution in [0.3, 0.4) is 0 Å². The zero-order valence-corrected chi connectivity index (χ0v) is 9.20. The fourth-order valence-corrected chi connectivity index (χ4v) is 1.51. The van der Waals surface area contributed by atoms with Gasteiger partial charge in [0.25, 0.3) is 0 Å². The molecule has 0 aromatic carbocycles. The van der Waals surface area contributed by atoms with Crippen LogP contribution >= 0.6 is 0 Å². The van der Waals surface area contributed by atoms with Crippen LogP contribution in [-0.2, 0) is 19.7 Å². The normalized spacial score (nSPS) is 13.1. The fourth-order valence-electron chi connectivity index (χ4n) is 0.561. The van der Waals surface area contributed by atoms with Gasteiger partial charge in [0.15, 0.2) is 19.7 Å². The SMILES string of the molecule is CS(=O)(=O)CNCNCS(C)(=O)=O. The standard InChI is InChI=1S/C5H14N2O4S2/c1-12(8,9)4-6-3-7-5-13(2,10)11/h6-7H,3-5H2,1-2H3. The van der Waals surface area contributed by atoms with Crippen molar-refractivity contribution < 1.29 is 16.8 Å². The maximum Gasteiger partial charge on any atom is 0.160 e. The second kappa shape index (κ2) is 4.89. The Labute approximate surface area is 78.5 Å². The molecule has 0 amide bonds. The number of hydrogen-bond donors (Lipinski definition) is 2. The Morgan fingerprint density at radius 3 is 1.38 bits per heavy atom. The number of nitrogens with one attached hydrogen (secondary N) is 2. The summed E-state index contributed by atoms with van der Waals surface area (Å²) in [6, 6.07) is 0. The molecule has 0 bridgehead atoms. The smallest absolute Gasteiger partial charge is 0.160 e. The Balaban J connectivity index is 3.50. The van der Waals surface area contributed by atoms with Crippen molar-refractivity contribution in [3.63, 3.8) is 0 Å². The van der Waals surface area contributed by atoms with Crippen molar-refractivity contribution in [2.45, 2.75) is 0 Å². The lowest BCUT2D eigenvalue weighted by Crippen LogP contribution is -2.35. The van der Waals surface area contributed by atoms with Crippen molar-refractivity contribution in [2.75, 3.05) is 30.9 Å². The van der Waals surface area contributed by atoms with E-state index in [1.807, 2.05) is 0 Å². The van der Waals surface area contributed by atoms with Gasteiger partial charge in [-0.1, -0.05) is 0 Å². The van der Waals surface area contributed by atoms with Crippen molar-refractivity contribution >= 4 is 19.7 Å². The van der Waals surface area contributed by atoms with E-state index in [9.17, 15) is 16.8 Å². The molecule has 13 heavy (non-hydrogen) atoms. The summed E-state index contributed by atoms with van der Waals surface area (Å²) in [4.78, 5) is 0. The highest BCUT2D eigenvalue weighted by Gasteiger charge is 2.01. The number of sulfone groups is 2. The number of rotatable bonds is 6. The molecule has 0 unspecified atom stereocenters. The van der Waals surface area contributed by atoms with Crippen LogP contribution in [0.5, 0.6) is 0 Å². The Kier molecular flexibility index (Phi) is 4.82. The minimum Gasteiger partial charge on any atom is -0.291 e. The van der Waals surface area contributed by atoms with Gasteiger partial charge in [0.05, 0.1) is 11.8 Å². The summed E-state index contributed by atoms with van der Waals surface area (Å²) < 4.78 is 42.3. The van der Waals surface area contributed by atoms with Gasteiger partial charge in [0, 0.05) is 19.2 Å². The predicted molar refractivity (Wildman–Crippen MR) is 50.6 cm³/mol. The van der Waals surface area contributed by atoms with Crippen molar-refractivity contribution in [2.24, 2.45) is 0 Å². The Bertz CT molecular complexity index is 298. The molecular weight excluding hydrogens is 216 g/mol. The molecule has 0 atom stereocenters. The summed E-state index contributed by atoms with van der Waals surface area (Å²) in [6.07, 6.45) is 2.19. The topological polar surface area (TPSA) is 92.3 Å². The van der Waals surface area contributed by atoms with Gasteiger partial charge in [-0.2, -0.15) is 0 Å². The quantitative estimate of drug-likeness (QED) is 0.410. The van der Waals surface area contributed by atoms with Crippen molar-refractivity contribution in [3.05, 3.63) is 0 Å². The minimum absolute atomic E-state index is 0.153. The molecule has 0 rings (SSSR count). The van der Waals surface area contributed by atoms with Crippen molar-refractivity contribution in [1.29, 1.82) is 0 Å². The highest BCUT2D eigenvalue weighted by Crippen LogP contribution is 1.77. The zero-order valence-electron chi connectivity index (χ0n) is 7.57. The molecule has 2 N–H and O–H groups in total. The zero-order chi connectivity index (χ0) is 10.5. The third kappa shape index (κ3) is 11.8. The molecule has 0 aliphatic carbocycles. The van der Waals surface area contributed by atoms with Crippen LogP contribution in [0.2, 0.25) is 0 Å². The van der Waals surface area contributed by atoms with E-state index in [1.165, 1.54) is 0 Å². The van der Waals surface area contributed by atoms with E-state index in [1.54, 1.807) is 0 Å². The average Bonchev–Trinajstić information content (AvgIpc) is 1.81. The van der Waals surface area contributed by atoms with E-state index >= 15 is 0 Å². The molecule has 0 aromatic rings. The Hall–Kier alpha value is -0.180. The van der Waals surface area contributed by atoms with Gasteiger partial charge >= 0.3 is 0 Å². The third-order valence-corrected chi connectivity index (χ3v) is 2.44. The maximum atomic E-state index is 10.6. The summed E-state index contributed by atoms with van der Waals surface area (Å²) in [5, 5.41) is 5.07. The number of hydrogen-bond acceptors (Lipinski definition) is 6. The molecular formula is C5H14N2O4S2. The van der Waals surface area contributed by atoms with E-state index in [0.717, 1.165) is 12.5 Å². The summed E-state index contributed by atoms with van der Waals surface area (Å²) >= 11 is 0. The largest absolute Gasteiger partial charge is 0.291 e. The van der Waals surface area contributed by atoms with Crippen LogP contribution in [0, 0.1) is 0 Å².